The first-order chi connectivity index (χ1) is 11.4. The molecule has 3 rings (SSSR count). The van der Waals surface area contributed by atoms with E-state index in [1.54, 1.807) is 0 Å². The van der Waals surface area contributed by atoms with Crippen molar-refractivity contribution in [2.24, 2.45) is 5.92 Å². The smallest absolute Gasteiger partial charge is 0.227 e. The molecule has 0 unspecified atom stereocenters. The molecule has 1 saturated heterocycles. The van der Waals surface area contributed by atoms with Crippen LogP contribution in [0.25, 0.3) is 0 Å². The first-order valence-electron chi connectivity index (χ1n) is 8.54. The first kappa shape index (κ1) is 17.2. The second kappa shape index (κ2) is 7.11. The van der Waals surface area contributed by atoms with Gasteiger partial charge in [0.25, 0.3) is 0 Å². The molecule has 0 radical (unpaired) electrons. The minimum Gasteiger partial charge on any atom is -0.369 e. The fraction of sp³-hybridized carbons (Fsp3) is 0.588. The van der Waals surface area contributed by atoms with E-state index < -0.39 is 10.0 Å². The Kier molecular flexibility index (Phi) is 5.10. The summed E-state index contributed by atoms with van der Waals surface area (Å²) in [4.78, 5) is 14.4. The van der Waals surface area contributed by atoms with Crippen LogP contribution in [0.1, 0.15) is 25.7 Å². The molecule has 0 aromatic heterocycles. The van der Waals surface area contributed by atoms with Gasteiger partial charge in [-0.1, -0.05) is 18.9 Å². The zero-order chi connectivity index (χ0) is 17.2. The third-order valence-electron chi connectivity index (χ3n) is 4.91. The molecule has 7 heteroatoms. The third-order valence-corrected chi connectivity index (χ3v) is 6.22. The molecule has 1 N–H and O–H groups in total. The quantitative estimate of drug-likeness (QED) is 0.899. The fourth-order valence-corrected chi connectivity index (χ4v) is 4.32. The minimum absolute atomic E-state index is 0.117. The molecule has 24 heavy (non-hydrogen) atoms. The molecule has 2 fully saturated rings. The number of hydrogen-bond acceptors (Lipinski definition) is 4. The zero-order valence-electron chi connectivity index (χ0n) is 14.1. The van der Waals surface area contributed by atoms with Crippen molar-refractivity contribution in [2.45, 2.75) is 25.7 Å². The lowest BCUT2D eigenvalue weighted by atomic mass is 10.1. The van der Waals surface area contributed by atoms with Crippen LogP contribution in [-0.4, -0.2) is 51.1 Å². The van der Waals surface area contributed by atoms with Crippen molar-refractivity contribution in [1.82, 2.24) is 4.31 Å². The lowest BCUT2D eigenvalue weighted by Crippen LogP contribution is -2.48. The molecule has 1 aliphatic heterocycles. The number of rotatable bonds is 4. The molecule has 0 bridgehead atoms. The van der Waals surface area contributed by atoms with E-state index in [2.05, 4.69) is 10.2 Å². The van der Waals surface area contributed by atoms with Crippen molar-refractivity contribution in [3.63, 3.8) is 0 Å². The molecule has 6 nitrogen and oxygen atoms in total. The van der Waals surface area contributed by atoms with Gasteiger partial charge in [0.15, 0.2) is 0 Å². The number of nitrogens with zero attached hydrogens (tertiary/aromatic N) is 2. The number of anilines is 2. The third kappa shape index (κ3) is 4.08. The van der Waals surface area contributed by atoms with Crippen LogP contribution in [0.5, 0.6) is 0 Å². The van der Waals surface area contributed by atoms with Gasteiger partial charge in [-0.05, 0) is 31.0 Å². The maximum absolute atomic E-state index is 12.3. The number of piperazine rings is 1. The van der Waals surface area contributed by atoms with E-state index in [0.717, 1.165) is 37.1 Å². The van der Waals surface area contributed by atoms with Gasteiger partial charge in [-0.3, -0.25) is 4.79 Å². The Bertz CT molecular complexity index is 691. The maximum Gasteiger partial charge on any atom is 0.227 e. The van der Waals surface area contributed by atoms with E-state index in [-0.39, 0.29) is 11.8 Å². The Morgan fingerprint density at radius 1 is 1.12 bits per heavy atom. The predicted octanol–water partition coefficient (Wildman–Crippen LogP) is 1.90. The highest BCUT2D eigenvalue weighted by molar-refractivity contribution is 7.88. The first-order valence-corrected chi connectivity index (χ1v) is 10.4. The summed E-state index contributed by atoms with van der Waals surface area (Å²) in [6.45, 7) is 2.31. The summed E-state index contributed by atoms with van der Waals surface area (Å²) in [5, 5.41) is 3.02. The zero-order valence-corrected chi connectivity index (χ0v) is 14.9. The summed E-state index contributed by atoms with van der Waals surface area (Å²) in [5.41, 5.74) is 1.84. The number of sulfonamides is 1. The van der Waals surface area contributed by atoms with E-state index >= 15 is 0 Å². The highest BCUT2D eigenvalue weighted by atomic mass is 32.2. The molecule has 1 aliphatic carbocycles. The average Bonchev–Trinajstić information content (AvgIpc) is 3.09. The Morgan fingerprint density at radius 3 is 2.42 bits per heavy atom. The normalized spacial score (nSPS) is 20.3. The molecule has 1 saturated carbocycles. The molecule has 1 aromatic rings. The maximum atomic E-state index is 12.3. The summed E-state index contributed by atoms with van der Waals surface area (Å²) in [7, 11) is -3.12. The molecule has 1 aromatic carbocycles. The second-order valence-electron chi connectivity index (χ2n) is 6.67. The summed E-state index contributed by atoms with van der Waals surface area (Å²) in [6.07, 6.45) is 5.51. The van der Waals surface area contributed by atoms with Crippen LogP contribution in [0.3, 0.4) is 0 Å². The van der Waals surface area contributed by atoms with Gasteiger partial charge in [0.05, 0.1) is 6.26 Å². The predicted molar refractivity (Wildman–Crippen MR) is 95.7 cm³/mol. The summed E-state index contributed by atoms with van der Waals surface area (Å²) in [6, 6.07) is 7.82. The topological polar surface area (TPSA) is 69.7 Å². The summed E-state index contributed by atoms with van der Waals surface area (Å²) >= 11 is 0. The van der Waals surface area contributed by atoms with E-state index in [9.17, 15) is 13.2 Å². The Hall–Kier alpha value is -1.60. The summed E-state index contributed by atoms with van der Waals surface area (Å²) < 4.78 is 24.7. The van der Waals surface area contributed by atoms with Crippen molar-refractivity contribution in [1.29, 1.82) is 0 Å². The standard InChI is InChI=1S/C17H25N3O3S/c1-24(22,23)20-11-9-19(10-12-20)16-8-4-7-15(13-16)18-17(21)14-5-2-3-6-14/h4,7-8,13-14H,2-3,5-6,9-12H2,1H3,(H,18,21). The highest BCUT2D eigenvalue weighted by Crippen LogP contribution is 2.27. The Labute approximate surface area is 143 Å². The SMILES string of the molecule is CS(=O)(=O)N1CCN(c2cccc(NC(=O)C3CCCC3)c2)CC1. The molecular weight excluding hydrogens is 326 g/mol. The fourth-order valence-electron chi connectivity index (χ4n) is 3.49. The van der Waals surface area contributed by atoms with E-state index in [4.69, 9.17) is 0 Å². The van der Waals surface area contributed by atoms with Gasteiger partial charge in [-0.25, -0.2) is 8.42 Å². The van der Waals surface area contributed by atoms with Crippen LogP contribution in [0.15, 0.2) is 24.3 Å². The summed E-state index contributed by atoms with van der Waals surface area (Å²) in [5.74, 6) is 0.263. The minimum atomic E-state index is -3.12. The van der Waals surface area contributed by atoms with Gasteiger partial charge in [-0.15, -0.1) is 0 Å². The molecular formula is C17H25N3O3S. The van der Waals surface area contributed by atoms with Gasteiger partial charge in [0.1, 0.15) is 0 Å². The van der Waals surface area contributed by atoms with Crippen molar-refractivity contribution < 1.29 is 13.2 Å². The van der Waals surface area contributed by atoms with Crippen molar-refractivity contribution in [2.75, 3.05) is 42.7 Å². The van der Waals surface area contributed by atoms with Gasteiger partial charge in [-0.2, -0.15) is 4.31 Å². The lowest BCUT2D eigenvalue weighted by Gasteiger charge is -2.34. The number of hydrogen-bond donors (Lipinski definition) is 1. The molecule has 0 spiro atoms. The number of nitrogens with one attached hydrogen (secondary N) is 1. The highest BCUT2D eigenvalue weighted by Gasteiger charge is 2.24. The lowest BCUT2D eigenvalue weighted by molar-refractivity contribution is -0.119. The molecule has 132 valence electrons. The molecule has 0 atom stereocenters. The van der Waals surface area contributed by atoms with Gasteiger partial charge < -0.3 is 10.2 Å². The van der Waals surface area contributed by atoms with Gasteiger partial charge in [0.2, 0.25) is 15.9 Å². The van der Waals surface area contributed by atoms with Crippen molar-refractivity contribution in [3.8, 4) is 0 Å². The van der Waals surface area contributed by atoms with E-state index in [0.29, 0.717) is 26.2 Å². The van der Waals surface area contributed by atoms with Crippen LogP contribution in [0.2, 0.25) is 0 Å². The van der Waals surface area contributed by atoms with E-state index in [1.807, 2.05) is 24.3 Å². The molecule has 2 aliphatic rings. The molecule has 1 heterocycles. The van der Waals surface area contributed by atoms with E-state index in [1.165, 1.54) is 10.6 Å². The van der Waals surface area contributed by atoms with Crippen LogP contribution >= 0.6 is 0 Å². The number of amides is 1. The van der Waals surface area contributed by atoms with Crippen molar-refractivity contribution in [3.05, 3.63) is 24.3 Å². The monoisotopic (exact) mass is 351 g/mol. The second-order valence-corrected chi connectivity index (χ2v) is 8.65. The number of benzene rings is 1. The van der Waals surface area contributed by atoms with Gasteiger partial charge >= 0.3 is 0 Å². The van der Waals surface area contributed by atoms with Crippen LogP contribution < -0.4 is 10.2 Å². The van der Waals surface area contributed by atoms with Crippen LogP contribution in [0.4, 0.5) is 11.4 Å². The number of carbonyl (C=O) groups excluding carboxylic acids is 1. The van der Waals surface area contributed by atoms with Crippen LogP contribution in [-0.2, 0) is 14.8 Å². The van der Waals surface area contributed by atoms with Gasteiger partial charge in [0, 0.05) is 43.5 Å². The Balaban J connectivity index is 1.62. The molecule has 1 amide bonds. The largest absolute Gasteiger partial charge is 0.369 e. The Morgan fingerprint density at radius 2 is 1.79 bits per heavy atom. The average molecular weight is 351 g/mol. The number of carbonyl (C=O) groups is 1. The van der Waals surface area contributed by atoms with Crippen LogP contribution in [0, 0.1) is 5.92 Å². The van der Waals surface area contributed by atoms with Crippen molar-refractivity contribution >= 4 is 27.3 Å².